The molecule has 0 radical (unpaired) electrons. The number of ether oxygens (including phenoxy) is 1. The van der Waals surface area contributed by atoms with Gasteiger partial charge in [0.15, 0.2) is 6.61 Å². The highest BCUT2D eigenvalue weighted by atomic mass is 32.1. The summed E-state index contributed by atoms with van der Waals surface area (Å²) in [4.78, 5) is 28.2. The Balaban J connectivity index is 1.30. The van der Waals surface area contributed by atoms with Gasteiger partial charge < -0.3 is 15.4 Å². The van der Waals surface area contributed by atoms with Crippen molar-refractivity contribution in [2.24, 2.45) is 0 Å². The van der Waals surface area contributed by atoms with E-state index >= 15 is 0 Å². The third-order valence-corrected chi connectivity index (χ3v) is 5.59. The summed E-state index contributed by atoms with van der Waals surface area (Å²) >= 11 is 1.41. The van der Waals surface area contributed by atoms with Gasteiger partial charge in [-0.3, -0.25) is 9.59 Å². The van der Waals surface area contributed by atoms with Crippen LogP contribution in [0.5, 0.6) is 5.75 Å². The third-order valence-electron chi connectivity index (χ3n) is 4.67. The third kappa shape index (κ3) is 4.63. The molecule has 7 heteroatoms. The number of aryl methyl sites for hydroxylation is 2. The van der Waals surface area contributed by atoms with Crippen LogP contribution in [0.3, 0.4) is 0 Å². The fourth-order valence-electron chi connectivity index (χ4n) is 3.17. The average Bonchev–Trinajstić information content (AvgIpc) is 3.17. The maximum Gasteiger partial charge on any atom is 0.263 e. The number of amides is 2. The first-order chi connectivity index (χ1) is 14.1. The standard InChI is InChI=1S/C22H21N3O3S/c1-14-24-12-20(29-14)22(27)23-10-2-3-15-4-6-16(7-5-15)17-8-9-18-19(11-17)28-13-21(26)25-18/h4-9,11-12H,2-3,10,13H2,1H3,(H,23,27)(H,25,26). The Morgan fingerprint density at radius 1 is 1.21 bits per heavy atom. The normalized spacial score (nSPS) is 12.7. The number of aromatic nitrogens is 1. The largest absolute Gasteiger partial charge is 0.482 e. The Kier molecular flexibility index (Phi) is 5.57. The number of anilines is 1. The second-order valence-corrected chi connectivity index (χ2v) is 8.08. The van der Waals surface area contributed by atoms with E-state index in [-0.39, 0.29) is 18.4 Å². The van der Waals surface area contributed by atoms with E-state index in [0.29, 0.717) is 22.9 Å². The van der Waals surface area contributed by atoms with Crippen LogP contribution in [-0.2, 0) is 11.2 Å². The Morgan fingerprint density at radius 3 is 2.76 bits per heavy atom. The molecule has 0 spiro atoms. The molecule has 0 fully saturated rings. The molecule has 3 aromatic rings. The predicted molar refractivity (Wildman–Crippen MR) is 114 cm³/mol. The molecular formula is C22H21N3O3S. The lowest BCUT2D eigenvalue weighted by Gasteiger charge is -2.18. The smallest absolute Gasteiger partial charge is 0.263 e. The highest BCUT2D eigenvalue weighted by Crippen LogP contribution is 2.32. The van der Waals surface area contributed by atoms with E-state index in [0.717, 1.165) is 29.0 Å². The van der Waals surface area contributed by atoms with Gasteiger partial charge in [-0.2, -0.15) is 0 Å². The molecule has 2 amide bonds. The number of benzene rings is 2. The molecule has 6 nitrogen and oxygen atoms in total. The average molecular weight is 407 g/mol. The molecule has 1 aliphatic heterocycles. The maximum atomic E-state index is 12.0. The van der Waals surface area contributed by atoms with Crippen molar-refractivity contribution in [2.75, 3.05) is 18.5 Å². The molecule has 0 atom stereocenters. The molecule has 1 aliphatic rings. The van der Waals surface area contributed by atoms with Crippen molar-refractivity contribution in [3.63, 3.8) is 0 Å². The van der Waals surface area contributed by atoms with Gasteiger partial charge in [-0.1, -0.05) is 30.3 Å². The zero-order valence-electron chi connectivity index (χ0n) is 16.0. The Hall–Kier alpha value is -3.19. The Morgan fingerprint density at radius 2 is 2.00 bits per heavy atom. The van der Waals surface area contributed by atoms with Gasteiger partial charge in [-0.25, -0.2) is 4.98 Å². The zero-order chi connectivity index (χ0) is 20.2. The lowest BCUT2D eigenvalue weighted by molar-refractivity contribution is -0.118. The van der Waals surface area contributed by atoms with E-state index in [1.165, 1.54) is 16.9 Å². The van der Waals surface area contributed by atoms with Gasteiger partial charge >= 0.3 is 0 Å². The van der Waals surface area contributed by atoms with Crippen LogP contribution in [0.25, 0.3) is 11.1 Å². The number of nitrogens with zero attached hydrogens (tertiary/aromatic N) is 1. The van der Waals surface area contributed by atoms with E-state index < -0.39 is 0 Å². The van der Waals surface area contributed by atoms with Gasteiger partial charge in [0.05, 0.1) is 16.9 Å². The Labute approximate surface area is 172 Å². The fourth-order valence-corrected chi connectivity index (χ4v) is 3.86. The van der Waals surface area contributed by atoms with E-state index in [2.05, 4.69) is 39.9 Å². The molecule has 2 heterocycles. The van der Waals surface area contributed by atoms with Crippen molar-refractivity contribution in [1.82, 2.24) is 10.3 Å². The molecule has 2 aromatic carbocycles. The minimum absolute atomic E-state index is 0.0501. The summed E-state index contributed by atoms with van der Waals surface area (Å²) < 4.78 is 5.49. The van der Waals surface area contributed by atoms with Gasteiger partial charge in [0, 0.05) is 6.54 Å². The number of hydrogen-bond acceptors (Lipinski definition) is 5. The molecule has 0 saturated carbocycles. The van der Waals surface area contributed by atoms with E-state index in [1.807, 2.05) is 25.1 Å². The van der Waals surface area contributed by atoms with Gasteiger partial charge in [0.25, 0.3) is 11.8 Å². The zero-order valence-corrected chi connectivity index (χ0v) is 16.8. The molecular weight excluding hydrogens is 386 g/mol. The topological polar surface area (TPSA) is 80.3 Å². The van der Waals surface area contributed by atoms with Crippen molar-refractivity contribution in [3.8, 4) is 16.9 Å². The summed E-state index contributed by atoms with van der Waals surface area (Å²) in [5.41, 5.74) is 4.06. The molecule has 148 valence electrons. The number of hydrogen-bond donors (Lipinski definition) is 2. The molecule has 29 heavy (non-hydrogen) atoms. The van der Waals surface area contributed by atoms with Crippen LogP contribution in [-0.4, -0.2) is 29.9 Å². The van der Waals surface area contributed by atoms with Crippen LogP contribution in [0.1, 0.15) is 26.7 Å². The second-order valence-electron chi connectivity index (χ2n) is 6.85. The number of rotatable bonds is 6. The molecule has 1 aromatic heterocycles. The molecule has 0 unspecified atom stereocenters. The lowest BCUT2D eigenvalue weighted by atomic mass is 10.0. The van der Waals surface area contributed by atoms with Crippen LogP contribution in [0.4, 0.5) is 5.69 Å². The first-order valence-corrected chi connectivity index (χ1v) is 10.3. The number of fused-ring (bicyclic) bond motifs is 1. The van der Waals surface area contributed by atoms with Crippen LogP contribution >= 0.6 is 11.3 Å². The molecule has 2 N–H and O–H groups in total. The van der Waals surface area contributed by atoms with Crippen molar-refractivity contribution in [2.45, 2.75) is 19.8 Å². The van der Waals surface area contributed by atoms with Crippen LogP contribution in [0.2, 0.25) is 0 Å². The highest BCUT2D eigenvalue weighted by Gasteiger charge is 2.16. The first kappa shape index (κ1) is 19.1. The summed E-state index contributed by atoms with van der Waals surface area (Å²) in [7, 11) is 0. The number of carbonyl (C=O) groups excluding carboxylic acids is 2. The second kappa shape index (κ2) is 8.45. The van der Waals surface area contributed by atoms with Gasteiger partial charge in [0.2, 0.25) is 0 Å². The Bertz CT molecular complexity index is 1040. The van der Waals surface area contributed by atoms with Gasteiger partial charge in [0.1, 0.15) is 10.6 Å². The van der Waals surface area contributed by atoms with E-state index in [4.69, 9.17) is 4.74 Å². The predicted octanol–water partition coefficient (Wildman–Crippen LogP) is 3.81. The quantitative estimate of drug-likeness (QED) is 0.609. The summed E-state index contributed by atoms with van der Waals surface area (Å²) in [6.07, 6.45) is 3.38. The number of carbonyl (C=O) groups is 2. The number of nitrogens with one attached hydrogen (secondary N) is 2. The van der Waals surface area contributed by atoms with E-state index in [1.54, 1.807) is 6.20 Å². The van der Waals surface area contributed by atoms with Crippen LogP contribution in [0.15, 0.2) is 48.7 Å². The monoisotopic (exact) mass is 407 g/mol. The SMILES string of the molecule is Cc1ncc(C(=O)NCCCc2ccc(-c3ccc4c(c3)OCC(=O)N4)cc2)s1. The summed E-state index contributed by atoms with van der Waals surface area (Å²) in [5.74, 6) is 0.503. The molecule has 0 aliphatic carbocycles. The van der Waals surface area contributed by atoms with Gasteiger partial charge in [-0.15, -0.1) is 11.3 Å². The fraction of sp³-hybridized carbons (Fsp3) is 0.227. The minimum Gasteiger partial charge on any atom is -0.482 e. The van der Waals surface area contributed by atoms with Crippen molar-refractivity contribution < 1.29 is 14.3 Å². The summed E-state index contributed by atoms with van der Waals surface area (Å²) in [5, 5.41) is 6.63. The van der Waals surface area contributed by atoms with E-state index in [9.17, 15) is 9.59 Å². The van der Waals surface area contributed by atoms with Gasteiger partial charge in [-0.05, 0) is 48.6 Å². The van der Waals surface area contributed by atoms with Crippen LogP contribution < -0.4 is 15.4 Å². The van der Waals surface area contributed by atoms with Crippen molar-refractivity contribution in [1.29, 1.82) is 0 Å². The van der Waals surface area contributed by atoms with Crippen molar-refractivity contribution in [3.05, 3.63) is 64.1 Å². The molecule has 0 bridgehead atoms. The maximum absolute atomic E-state index is 12.0. The first-order valence-electron chi connectivity index (χ1n) is 9.45. The summed E-state index contributed by atoms with van der Waals surface area (Å²) in [6.45, 7) is 2.57. The molecule has 4 rings (SSSR count). The molecule has 0 saturated heterocycles. The van der Waals surface area contributed by atoms with Crippen LogP contribution in [0, 0.1) is 6.92 Å². The van der Waals surface area contributed by atoms with Crippen molar-refractivity contribution >= 4 is 28.8 Å². The summed E-state index contributed by atoms with van der Waals surface area (Å²) in [6, 6.07) is 14.1. The lowest BCUT2D eigenvalue weighted by Crippen LogP contribution is -2.25. The highest BCUT2D eigenvalue weighted by molar-refractivity contribution is 7.13. The number of thiazole rings is 1. The minimum atomic E-state index is -0.132.